The standard InChI is InChI=1S/C13H16BrFO2/c14-10-7-9(4-5-11(10)15)8-12(16)13-3-1-2-6-17-13/h4-5,7,12-13,16H,1-3,6,8H2. The van der Waals surface area contributed by atoms with Gasteiger partial charge in [0.15, 0.2) is 0 Å². The van der Waals surface area contributed by atoms with Crippen molar-refractivity contribution in [1.82, 2.24) is 0 Å². The molecule has 1 fully saturated rings. The number of benzene rings is 1. The largest absolute Gasteiger partial charge is 0.390 e. The predicted octanol–water partition coefficient (Wildman–Crippen LogP) is 3.06. The molecule has 0 saturated carbocycles. The highest BCUT2D eigenvalue weighted by atomic mass is 79.9. The Bertz CT molecular complexity index is 378. The van der Waals surface area contributed by atoms with Crippen LogP contribution >= 0.6 is 15.9 Å². The molecule has 0 amide bonds. The van der Waals surface area contributed by atoms with E-state index in [1.165, 1.54) is 6.07 Å². The van der Waals surface area contributed by atoms with Crippen LogP contribution in [-0.4, -0.2) is 23.9 Å². The minimum Gasteiger partial charge on any atom is -0.390 e. The Morgan fingerprint density at radius 1 is 1.47 bits per heavy atom. The maximum absolute atomic E-state index is 13.1. The topological polar surface area (TPSA) is 29.5 Å². The number of aliphatic hydroxyl groups excluding tert-OH is 1. The fourth-order valence-corrected chi connectivity index (χ4v) is 2.53. The molecule has 0 spiro atoms. The first kappa shape index (κ1) is 13.0. The molecular weight excluding hydrogens is 287 g/mol. The van der Waals surface area contributed by atoms with Gasteiger partial charge in [0.25, 0.3) is 0 Å². The monoisotopic (exact) mass is 302 g/mol. The summed E-state index contributed by atoms with van der Waals surface area (Å²) in [5, 5.41) is 10.1. The van der Waals surface area contributed by atoms with E-state index in [1.54, 1.807) is 12.1 Å². The van der Waals surface area contributed by atoms with Gasteiger partial charge in [-0.2, -0.15) is 0 Å². The molecule has 2 rings (SSSR count). The minimum absolute atomic E-state index is 0.0763. The van der Waals surface area contributed by atoms with E-state index in [2.05, 4.69) is 15.9 Å². The van der Waals surface area contributed by atoms with Crippen molar-refractivity contribution in [3.05, 3.63) is 34.1 Å². The molecule has 94 valence electrons. The van der Waals surface area contributed by atoms with Crippen LogP contribution < -0.4 is 0 Å². The van der Waals surface area contributed by atoms with Gasteiger partial charge in [-0.15, -0.1) is 0 Å². The van der Waals surface area contributed by atoms with E-state index >= 15 is 0 Å². The van der Waals surface area contributed by atoms with Crippen molar-refractivity contribution in [2.45, 2.75) is 37.9 Å². The summed E-state index contributed by atoms with van der Waals surface area (Å²) in [6, 6.07) is 4.82. The van der Waals surface area contributed by atoms with Crippen LogP contribution in [0.4, 0.5) is 4.39 Å². The third-order valence-corrected chi connectivity index (χ3v) is 3.68. The first-order valence-corrected chi connectivity index (χ1v) is 6.69. The molecule has 17 heavy (non-hydrogen) atoms. The van der Waals surface area contributed by atoms with Crippen LogP contribution in [0, 0.1) is 5.82 Å². The normalized spacial score (nSPS) is 22.4. The Kier molecular flexibility index (Phi) is 4.54. The van der Waals surface area contributed by atoms with Crippen LogP contribution in [0.25, 0.3) is 0 Å². The summed E-state index contributed by atoms with van der Waals surface area (Å²) >= 11 is 3.14. The highest BCUT2D eigenvalue weighted by molar-refractivity contribution is 9.10. The summed E-state index contributed by atoms with van der Waals surface area (Å²) in [6.07, 6.45) is 3.01. The molecule has 1 aromatic rings. The Hall–Kier alpha value is -0.450. The van der Waals surface area contributed by atoms with E-state index < -0.39 is 6.10 Å². The van der Waals surface area contributed by atoms with Gasteiger partial charge in [0.05, 0.1) is 16.7 Å². The predicted molar refractivity (Wildman–Crippen MR) is 67.4 cm³/mol. The lowest BCUT2D eigenvalue weighted by molar-refractivity contribution is -0.0611. The molecule has 1 N–H and O–H groups in total. The number of rotatable bonds is 3. The molecule has 2 atom stereocenters. The fraction of sp³-hybridized carbons (Fsp3) is 0.538. The minimum atomic E-state index is -0.507. The van der Waals surface area contributed by atoms with Crippen molar-refractivity contribution >= 4 is 15.9 Å². The van der Waals surface area contributed by atoms with E-state index in [4.69, 9.17) is 4.74 Å². The third kappa shape index (κ3) is 3.50. The smallest absolute Gasteiger partial charge is 0.137 e. The third-order valence-electron chi connectivity index (χ3n) is 3.07. The van der Waals surface area contributed by atoms with Crippen molar-refractivity contribution in [2.75, 3.05) is 6.61 Å². The molecule has 1 saturated heterocycles. The van der Waals surface area contributed by atoms with Gasteiger partial charge < -0.3 is 9.84 Å². The molecule has 0 aromatic heterocycles. The van der Waals surface area contributed by atoms with E-state index in [9.17, 15) is 9.50 Å². The number of ether oxygens (including phenoxy) is 1. The Labute approximate surface area is 109 Å². The maximum Gasteiger partial charge on any atom is 0.137 e. The number of aliphatic hydroxyl groups is 1. The molecule has 0 bridgehead atoms. The fourth-order valence-electron chi connectivity index (χ4n) is 2.11. The van der Waals surface area contributed by atoms with Gasteiger partial charge >= 0.3 is 0 Å². The van der Waals surface area contributed by atoms with Crippen LogP contribution in [0.2, 0.25) is 0 Å². The lowest BCUT2D eigenvalue weighted by atomic mass is 9.98. The summed E-state index contributed by atoms with van der Waals surface area (Å²) < 4.78 is 19.0. The van der Waals surface area contributed by atoms with Crippen LogP contribution in [0.5, 0.6) is 0 Å². The van der Waals surface area contributed by atoms with E-state index in [0.717, 1.165) is 31.4 Å². The highest BCUT2D eigenvalue weighted by Crippen LogP contribution is 2.21. The molecule has 1 aromatic carbocycles. The van der Waals surface area contributed by atoms with Crippen molar-refractivity contribution in [2.24, 2.45) is 0 Å². The summed E-state index contributed by atoms with van der Waals surface area (Å²) in [6.45, 7) is 0.731. The van der Waals surface area contributed by atoms with Crippen LogP contribution in [0.1, 0.15) is 24.8 Å². The van der Waals surface area contributed by atoms with Gasteiger partial charge in [0, 0.05) is 13.0 Å². The number of hydrogen-bond donors (Lipinski definition) is 1. The van der Waals surface area contributed by atoms with Gasteiger partial charge in [-0.3, -0.25) is 0 Å². The zero-order chi connectivity index (χ0) is 12.3. The van der Waals surface area contributed by atoms with Gasteiger partial charge in [0.2, 0.25) is 0 Å². The SMILES string of the molecule is OC(Cc1ccc(F)c(Br)c1)C1CCCCO1. The number of halogens is 2. The molecular formula is C13H16BrFO2. The van der Waals surface area contributed by atoms with Crippen LogP contribution in [-0.2, 0) is 11.2 Å². The Morgan fingerprint density at radius 3 is 2.94 bits per heavy atom. The average molecular weight is 303 g/mol. The Balaban J connectivity index is 1.96. The summed E-state index contributed by atoms with van der Waals surface area (Å²) in [5.74, 6) is -0.280. The van der Waals surface area contributed by atoms with Gasteiger partial charge in [-0.1, -0.05) is 6.07 Å². The van der Waals surface area contributed by atoms with E-state index in [0.29, 0.717) is 10.9 Å². The van der Waals surface area contributed by atoms with Crippen molar-refractivity contribution in [1.29, 1.82) is 0 Å². The van der Waals surface area contributed by atoms with Gasteiger partial charge in [-0.05, 0) is 52.9 Å². The maximum atomic E-state index is 13.1. The highest BCUT2D eigenvalue weighted by Gasteiger charge is 2.22. The Morgan fingerprint density at radius 2 is 2.29 bits per heavy atom. The number of hydrogen-bond acceptors (Lipinski definition) is 2. The molecule has 0 aliphatic carbocycles. The zero-order valence-corrected chi connectivity index (χ0v) is 11.1. The molecule has 2 unspecified atom stereocenters. The lowest BCUT2D eigenvalue weighted by Gasteiger charge is -2.27. The van der Waals surface area contributed by atoms with Crippen molar-refractivity contribution in [3.63, 3.8) is 0 Å². The quantitative estimate of drug-likeness (QED) is 0.930. The molecule has 2 nitrogen and oxygen atoms in total. The zero-order valence-electron chi connectivity index (χ0n) is 9.53. The van der Waals surface area contributed by atoms with Gasteiger partial charge in [0.1, 0.15) is 5.82 Å². The second kappa shape index (κ2) is 5.94. The molecule has 1 aliphatic rings. The molecule has 0 radical (unpaired) electrons. The van der Waals surface area contributed by atoms with Crippen LogP contribution in [0.15, 0.2) is 22.7 Å². The average Bonchev–Trinajstić information content (AvgIpc) is 2.35. The second-order valence-electron chi connectivity index (χ2n) is 4.42. The first-order valence-electron chi connectivity index (χ1n) is 5.90. The van der Waals surface area contributed by atoms with Crippen LogP contribution in [0.3, 0.4) is 0 Å². The van der Waals surface area contributed by atoms with Crippen molar-refractivity contribution in [3.8, 4) is 0 Å². The van der Waals surface area contributed by atoms with E-state index in [-0.39, 0.29) is 11.9 Å². The summed E-state index contributed by atoms with van der Waals surface area (Å²) in [7, 11) is 0. The first-order chi connectivity index (χ1) is 8.16. The summed E-state index contributed by atoms with van der Waals surface area (Å²) in [4.78, 5) is 0. The molecule has 4 heteroatoms. The molecule has 1 aliphatic heterocycles. The van der Waals surface area contributed by atoms with Crippen molar-refractivity contribution < 1.29 is 14.2 Å². The second-order valence-corrected chi connectivity index (χ2v) is 5.28. The lowest BCUT2D eigenvalue weighted by Crippen LogP contribution is -2.33. The van der Waals surface area contributed by atoms with Gasteiger partial charge in [-0.25, -0.2) is 4.39 Å². The van der Waals surface area contributed by atoms with E-state index in [1.807, 2.05) is 0 Å². The summed E-state index contributed by atoms with van der Waals surface area (Å²) in [5.41, 5.74) is 0.917. The molecule has 1 heterocycles.